The Morgan fingerprint density at radius 3 is 2.29 bits per heavy atom. The Hall–Kier alpha value is -0.920. The smallest absolute Gasteiger partial charge is 0.335 e. The predicted octanol–water partition coefficient (Wildman–Crippen LogP) is 3.31. The van der Waals surface area contributed by atoms with Crippen LogP contribution in [0.15, 0.2) is 21.5 Å². The zero-order valence-electron chi connectivity index (χ0n) is 12.5. The van der Waals surface area contributed by atoms with E-state index in [9.17, 15) is 13.2 Å². The van der Waals surface area contributed by atoms with Gasteiger partial charge in [0, 0.05) is 10.0 Å². The quantitative estimate of drug-likeness (QED) is 0.796. The van der Waals surface area contributed by atoms with E-state index in [0.29, 0.717) is 22.9 Å². The number of aromatic carboxylic acids is 1. The third kappa shape index (κ3) is 4.05. The third-order valence-corrected chi connectivity index (χ3v) is 6.68. The molecule has 0 fully saturated rings. The van der Waals surface area contributed by atoms with Crippen LogP contribution in [0.5, 0.6) is 0 Å². The molecule has 0 amide bonds. The highest BCUT2D eigenvalue weighted by molar-refractivity contribution is 9.10. The number of nitrogens with one attached hydrogen (secondary N) is 1. The van der Waals surface area contributed by atoms with Crippen LogP contribution in [0, 0.1) is 6.92 Å². The minimum Gasteiger partial charge on any atom is -0.478 e. The molecule has 118 valence electrons. The molecule has 0 saturated heterocycles. The molecular formula is C14H20BrNO4S. The summed E-state index contributed by atoms with van der Waals surface area (Å²) in [6.07, 6.45) is 1.27. The van der Waals surface area contributed by atoms with Gasteiger partial charge in [0.2, 0.25) is 10.0 Å². The average molecular weight is 378 g/mol. The van der Waals surface area contributed by atoms with Gasteiger partial charge in [-0.25, -0.2) is 17.9 Å². The molecule has 0 bridgehead atoms. The molecule has 0 atom stereocenters. The summed E-state index contributed by atoms with van der Waals surface area (Å²) < 4.78 is 28.2. The van der Waals surface area contributed by atoms with Crippen LogP contribution < -0.4 is 4.72 Å². The molecule has 1 aromatic carbocycles. The van der Waals surface area contributed by atoms with Crippen molar-refractivity contribution in [1.82, 2.24) is 4.72 Å². The number of hydrogen-bond acceptors (Lipinski definition) is 3. The molecule has 0 heterocycles. The number of halogens is 1. The fraction of sp³-hybridized carbons (Fsp3) is 0.500. The van der Waals surface area contributed by atoms with Crippen LogP contribution in [0.1, 0.15) is 49.5 Å². The van der Waals surface area contributed by atoms with Gasteiger partial charge in [-0.15, -0.1) is 0 Å². The highest BCUT2D eigenvalue weighted by atomic mass is 79.9. The number of rotatable bonds is 6. The van der Waals surface area contributed by atoms with E-state index in [4.69, 9.17) is 5.11 Å². The monoisotopic (exact) mass is 377 g/mol. The second-order valence-corrected chi connectivity index (χ2v) is 7.73. The van der Waals surface area contributed by atoms with Crippen LogP contribution in [0.3, 0.4) is 0 Å². The number of carboxylic acid groups (broad SMARTS) is 1. The molecule has 2 N–H and O–H groups in total. The van der Waals surface area contributed by atoms with Gasteiger partial charge < -0.3 is 5.11 Å². The Balaban J connectivity index is 3.41. The van der Waals surface area contributed by atoms with Gasteiger partial charge in [-0.05, 0) is 60.3 Å². The molecule has 21 heavy (non-hydrogen) atoms. The summed E-state index contributed by atoms with van der Waals surface area (Å²) in [6.45, 7) is 7.29. The fourth-order valence-corrected chi connectivity index (χ4v) is 4.42. The Morgan fingerprint density at radius 1 is 1.33 bits per heavy atom. The maximum atomic E-state index is 12.6. The Kier molecular flexibility index (Phi) is 5.57. The summed E-state index contributed by atoms with van der Waals surface area (Å²) >= 11 is 3.24. The largest absolute Gasteiger partial charge is 0.478 e. The fourth-order valence-electron chi connectivity index (χ4n) is 1.83. The molecule has 1 aromatic rings. The van der Waals surface area contributed by atoms with Crippen LogP contribution in [-0.4, -0.2) is 25.0 Å². The number of hydrogen-bond donors (Lipinski definition) is 2. The average Bonchev–Trinajstić information content (AvgIpc) is 2.40. The van der Waals surface area contributed by atoms with Gasteiger partial charge in [0.1, 0.15) is 0 Å². The second kappa shape index (κ2) is 6.46. The summed E-state index contributed by atoms with van der Waals surface area (Å²) in [5.74, 6) is -1.16. The topological polar surface area (TPSA) is 83.5 Å². The van der Waals surface area contributed by atoms with Crippen molar-refractivity contribution in [3.63, 3.8) is 0 Å². The standard InChI is InChI=1S/C14H20BrNO4S/c1-5-14(4,6-2)16-21(19,20)11-8-10(13(17)18)7-9(3)12(11)15/h7-8,16H,5-6H2,1-4H3,(H,17,18). The van der Waals surface area contributed by atoms with Crippen LogP contribution in [0.2, 0.25) is 0 Å². The molecule has 1 rings (SSSR count). The summed E-state index contributed by atoms with van der Waals surface area (Å²) in [4.78, 5) is 11.1. The molecular weight excluding hydrogens is 358 g/mol. The Morgan fingerprint density at radius 2 is 1.86 bits per heavy atom. The van der Waals surface area contributed by atoms with Crippen molar-refractivity contribution in [1.29, 1.82) is 0 Å². The highest BCUT2D eigenvalue weighted by Crippen LogP contribution is 2.29. The lowest BCUT2D eigenvalue weighted by Crippen LogP contribution is -2.45. The van der Waals surface area contributed by atoms with Gasteiger partial charge >= 0.3 is 5.97 Å². The predicted molar refractivity (Wildman–Crippen MR) is 85.1 cm³/mol. The Labute approximate surface area is 133 Å². The minimum absolute atomic E-state index is 0.0481. The van der Waals surface area contributed by atoms with E-state index in [1.54, 1.807) is 6.92 Å². The first-order valence-corrected chi connectivity index (χ1v) is 8.91. The number of aryl methyl sites for hydroxylation is 1. The molecule has 0 aromatic heterocycles. The lowest BCUT2D eigenvalue weighted by molar-refractivity contribution is 0.0696. The van der Waals surface area contributed by atoms with E-state index in [0.717, 1.165) is 0 Å². The lowest BCUT2D eigenvalue weighted by atomic mass is 9.98. The molecule has 0 aliphatic carbocycles. The molecule has 0 unspecified atom stereocenters. The number of sulfonamides is 1. The van der Waals surface area contributed by atoms with Gasteiger partial charge in [0.05, 0.1) is 10.5 Å². The van der Waals surface area contributed by atoms with Crippen molar-refractivity contribution < 1.29 is 18.3 Å². The number of benzene rings is 1. The van der Waals surface area contributed by atoms with Crippen molar-refractivity contribution in [3.8, 4) is 0 Å². The number of carboxylic acids is 1. The zero-order valence-corrected chi connectivity index (χ0v) is 14.9. The highest BCUT2D eigenvalue weighted by Gasteiger charge is 2.29. The summed E-state index contributed by atoms with van der Waals surface area (Å²) in [6, 6.07) is 2.61. The molecule has 0 aliphatic heterocycles. The van der Waals surface area contributed by atoms with Crippen LogP contribution in [-0.2, 0) is 10.0 Å². The summed E-state index contributed by atoms with van der Waals surface area (Å²) in [7, 11) is -3.81. The van der Waals surface area contributed by atoms with E-state index in [-0.39, 0.29) is 10.5 Å². The summed E-state index contributed by atoms with van der Waals surface area (Å²) in [5.41, 5.74) is -0.0541. The van der Waals surface area contributed by atoms with Crippen LogP contribution in [0.25, 0.3) is 0 Å². The SMILES string of the molecule is CCC(C)(CC)NS(=O)(=O)c1cc(C(=O)O)cc(C)c1Br. The van der Waals surface area contributed by atoms with E-state index in [1.807, 2.05) is 20.8 Å². The van der Waals surface area contributed by atoms with E-state index in [1.165, 1.54) is 12.1 Å². The first kappa shape index (κ1) is 18.1. The first-order valence-electron chi connectivity index (χ1n) is 6.63. The summed E-state index contributed by atoms with van der Waals surface area (Å²) in [5, 5.41) is 9.08. The third-order valence-electron chi connectivity index (χ3n) is 3.70. The minimum atomic E-state index is -3.81. The number of carbonyl (C=O) groups is 1. The van der Waals surface area contributed by atoms with Gasteiger partial charge in [-0.3, -0.25) is 0 Å². The Bertz CT molecular complexity index is 651. The molecule has 0 radical (unpaired) electrons. The van der Waals surface area contributed by atoms with Gasteiger partial charge in [-0.1, -0.05) is 13.8 Å². The zero-order chi connectivity index (χ0) is 16.4. The van der Waals surface area contributed by atoms with E-state index < -0.39 is 21.5 Å². The van der Waals surface area contributed by atoms with Crippen molar-refractivity contribution in [2.45, 2.75) is 51.0 Å². The maximum Gasteiger partial charge on any atom is 0.335 e. The van der Waals surface area contributed by atoms with Crippen LogP contribution >= 0.6 is 15.9 Å². The lowest BCUT2D eigenvalue weighted by Gasteiger charge is -2.28. The molecule has 5 nitrogen and oxygen atoms in total. The van der Waals surface area contributed by atoms with Crippen molar-refractivity contribution in [3.05, 3.63) is 27.7 Å². The van der Waals surface area contributed by atoms with Crippen molar-refractivity contribution in [2.75, 3.05) is 0 Å². The van der Waals surface area contributed by atoms with E-state index >= 15 is 0 Å². The van der Waals surface area contributed by atoms with Crippen molar-refractivity contribution in [2.24, 2.45) is 0 Å². The molecule has 0 spiro atoms. The normalized spacial score (nSPS) is 12.4. The van der Waals surface area contributed by atoms with E-state index in [2.05, 4.69) is 20.7 Å². The van der Waals surface area contributed by atoms with Gasteiger partial charge in [0.15, 0.2) is 0 Å². The first-order chi connectivity index (χ1) is 9.56. The second-order valence-electron chi connectivity index (χ2n) is 5.28. The van der Waals surface area contributed by atoms with Gasteiger partial charge in [-0.2, -0.15) is 0 Å². The van der Waals surface area contributed by atoms with Crippen LogP contribution in [0.4, 0.5) is 0 Å². The maximum absolute atomic E-state index is 12.6. The molecule has 0 saturated carbocycles. The molecule has 0 aliphatic rings. The van der Waals surface area contributed by atoms with Gasteiger partial charge in [0.25, 0.3) is 0 Å². The van der Waals surface area contributed by atoms with Crippen molar-refractivity contribution >= 4 is 31.9 Å². The molecule has 7 heteroatoms.